The van der Waals surface area contributed by atoms with Crippen molar-refractivity contribution >= 4 is 42.1 Å². The largest absolute Gasteiger partial charge is 0.475 e. The second-order valence-corrected chi connectivity index (χ2v) is 6.86. The Morgan fingerprint density at radius 2 is 1.83 bits per heavy atom. The lowest BCUT2D eigenvalue weighted by Gasteiger charge is -2.19. The van der Waals surface area contributed by atoms with Crippen molar-refractivity contribution in [3.05, 3.63) is 21.7 Å². The molecule has 0 aliphatic heterocycles. The number of rotatable bonds is 9. The van der Waals surface area contributed by atoms with E-state index in [0.29, 0.717) is 22.9 Å². The highest BCUT2D eigenvalue weighted by Gasteiger charge is 2.26. The third kappa shape index (κ3) is 9.32. The van der Waals surface area contributed by atoms with Gasteiger partial charge in [-0.2, -0.15) is 0 Å². The smallest absolute Gasteiger partial charge is 0.426 e. The van der Waals surface area contributed by atoms with Crippen LogP contribution in [0, 0.1) is 5.92 Å². The molecule has 136 valence electrons. The van der Waals surface area contributed by atoms with E-state index in [0.717, 1.165) is 0 Å². The Balaban J connectivity index is 4.78. The topological polar surface area (TPSA) is 98.7 Å². The van der Waals surface area contributed by atoms with E-state index in [1.165, 1.54) is 6.08 Å². The van der Waals surface area contributed by atoms with E-state index < -0.39 is 24.9 Å². The molecule has 0 fully saturated rings. The van der Waals surface area contributed by atoms with Crippen molar-refractivity contribution in [3.8, 4) is 0 Å². The fourth-order valence-corrected chi connectivity index (χ4v) is 2.18. The molecule has 24 heavy (non-hydrogen) atoms. The molecule has 0 aliphatic carbocycles. The zero-order valence-electron chi connectivity index (χ0n) is 14.4. The summed E-state index contributed by atoms with van der Waals surface area (Å²) in [6, 6.07) is 0. The van der Waals surface area contributed by atoms with Crippen molar-refractivity contribution < 1.29 is 19.6 Å². The first-order valence-corrected chi connectivity index (χ1v) is 8.50. The molecule has 0 aliphatic rings. The molecule has 0 aromatic carbocycles. The van der Waals surface area contributed by atoms with Gasteiger partial charge < -0.3 is 20.7 Å². The molecule has 4 N–H and O–H groups in total. The predicted molar refractivity (Wildman–Crippen MR) is 97.4 cm³/mol. The standard InChI is InChI=1S/C15H25BCl2N2O4/c1-5-12(18)11(7-10(4)17)15(22)19-8-14(21)20-13(16(23)24)6-9(2)3/h7,9,13,23-24H,5-6,8H2,1-4H3,(H,19,22)(H,20,21). The molecule has 0 saturated carbocycles. The summed E-state index contributed by atoms with van der Waals surface area (Å²) in [4.78, 5) is 24.0. The maximum Gasteiger partial charge on any atom is 0.475 e. The Bertz CT molecular complexity index is 504. The van der Waals surface area contributed by atoms with Gasteiger partial charge >= 0.3 is 7.12 Å². The summed E-state index contributed by atoms with van der Waals surface area (Å²) in [7, 11) is -1.67. The normalized spacial score (nSPS) is 14.1. The molecule has 0 rings (SSSR count). The fraction of sp³-hybridized carbons (Fsp3) is 0.600. The molecule has 0 saturated heterocycles. The number of hydrogen-bond donors (Lipinski definition) is 4. The first kappa shape index (κ1) is 23.0. The Morgan fingerprint density at radius 3 is 2.25 bits per heavy atom. The Morgan fingerprint density at radius 1 is 1.25 bits per heavy atom. The van der Waals surface area contributed by atoms with Gasteiger partial charge in [0.1, 0.15) is 0 Å². The maximum atomic E-state index is 12.1. The van der Waals surface area contributed by atoms with Gasteiger partial charge in [-0.25, -0.2) is 0 Å². The molecular formula is C15H25BCl2N2O4. The van der Waals surface area contributed by atoms with Gasteiger partial charge in [-0.15, -0.1) is 0 Å². The van der Waals surface area contributed by atoms with Crippen LogP contribution in [0.25, 0.3) is 0 Å². The lowest BCUT2D eigenvalue weighted by atomic mass is 9.75. The molecule has 0 aromatic rings. The van der Waals surface area contributed by atoms with Crippen molar-refractivity contribution in [1.82, 2.24) is 10.6 Å². The average Bonchev–Trinajstić information content (AvgIpc) is 2.48. The van der Waals surface area contributed by atoms with Crippen LogP contribution in [0.4, 0.5) is 0 Å². The summed E-state index contributed by atoms with van der Waals surface area (Å²) < 4.78 is 0. The average molecular weight is 379 g/mol. The van der Waals surface area contributed by atoms with Crippen LogP contribution < -0.4 is 10.6 Å². The minimum Gasteiger partial charge on any atom is -0.426 e. The summed E-state index contributed by atoms with van der Waals surface area (Å²) in [6.45, 7) is 6.88. The van der Waals surface area contributed by atoms with Gasteiger partial charge in [-0.1, -0.05) is 44.0 Å². The van der Waals surface area contributed by atoms with Crippen LogP contribution in [-0.4, -0.2) is 41.5 Å². The molecule has 1 atom stereocenters. The molecule has 0 heterocycles. The highest BCUT2D eigenvalue weighted by molar-refractivity contribution is 6.43. The molecule has 1 unspecified atom stereocenters. The Kier molecular flexibility index (Phi) is 11.0. The van der Waals surface area contributed by atoms with Crippen molar-refractivity contribution in [1.29, 1.82) is 0 Å². The molecular weight excluding hydrogens is 354 g/mol. The molecule has 0 spiro atoms. The summed E-state index contributed by atoms with van der Waals surface area (Å²) in [6.07, 6.45) is 2.28. The van der Waals surface area contributed by atoms with E-state index >= 15 is 0 Å². The minimum absolute atomic E-state index is 0.168. The Labute approximate surface area is 153 Å². The zero-order valence-corrected chi connectivity index (χ0v) is 15.9. The third-order valence-corrected chi connectivity index (χ3v) is 3.61. The molecule has 6 nitrogen and oxygen atoms in total. The number of carbonyl (C=O) groups is 2. The molecule has 0 aromatic heterocycles. The number of carbonyl (C=O) groups excluding carboxylic acids is 2. The fourth-order valence-electron chi connectivity index (χ4n) is 1.93. The second-order valence-electron chi connectivity index (χ2n) is 5.80. The van der Waals surface area contributed by atoms with E-state index in [2.05, 4.69) is 10.6 Å². The van der Waals surface area contributed by atoms with E-state index in [-0.39, 0.29) is 18.0 Å². The van der Waals surface area contributed by atoms with Crippen molar-refractivity contribution in [2.24, 2.45) is 5.92 Å². The van der Waals surface area contributed by atoms with Crippen LogP contribution in [0.3, 0.4) is 0 Å². The quantitative estimate of drug-likeness (QED) is 0.278. The first-order chi connectivity index (χ1) is 11.1. The van der Waals surface area contributed by atoms with Crippen LogP contribution in [-0.2, 0) is 9.59 Å². The summed E-state index contributed by atoms with van der Waals surface area (Å²) in [5.41, 5.74) is 0.195. The predicted octanol–water partition coefficient (Wildman–Crippen LogP) is 1.69. The van der Waals surface area contributed by atoms with Crippen molar-refractivity contribution in [2.75, 3.05) is 6.54 Å². The van der Waals surface area contributed by atoms with E-state index in [4.69, 9.17) is 23.2 Å². The highest BCUT2D eigenvalue weighted by Crippen LogP contribution is 2.17. The first-order valence-electron chi connectivity index (χ1n) is 7.74. The van der Waals surface area contributed by atoms with E-state index in [9.17, 15) is 19.6 Å². The summed E-state index contributed by atoms with van der Waals surface area (Å²) >= 11 is 11.8. The second kappa shape index (κ2) is 11.5. The minimum atomic E-state index is -1.67. The van der Waals surface area contributed by atoms with E-state index in [1.807, 2.05) is 13.8 Å². The summed E-state index contributed by atoms with van der Waals surface area (Å²) in [5, 5.41) is 24.2. The molecule has 0 bridgehead atoms. The highest BCUT2D eigenvalue weighted by atomic mass is 35.5. The van der Waals surface area contributed by atoms with E-state index in [1.54, 1.807) is 13.8 Å². The lowest BCUT2D eigenvalue weighted by Crippen LogP contribution is -2.50. The van der Waals surface area contributed by atoms with Gasteiger partial charge in [0.25, 0.3) is 5.91 Å². The van der Waals surface area contributed by atoms with Crippen LogP contribution in [0.15, 0.2) is 21.7 Å². The number of hydrogen-bond acceptors (Lipinski definition) is 4. The van der Waals surface area contributed by atoms with Gasteiger partial charge in [-0.3, -0.25) is 9.59 Å². The number of nitrogens with one attached hydrogen (secondary N) is 2. The number of amides is 2. The van der Waals surface area contributed by atoms with Gasteiger partial charge in [-0.05, 0) is 31.8 Å². The summed E-state index contributed by atoms with van der Waals surface area (Å²) in [5.74, 6) is -1.68. The monoisotopic (exact) mass is 378 g/mol. The maximum absolute atomic E-state index is 12.1. The molecule has 0 radical (unpaired) electrons. The van der Waals surface area contributed by atoms with Crippen molar-refractivity contribution in [3.63, 3.8) is 0 Å². The van der Waals surface area contributed by atoms with Gasteiger partial charge in [0.15, 0.2) is 0 Å². The van der Waals surface area contributed by atoms with Crippen molar-refractivity contribution in [2.45, 2.75) is 46.5 Å². The van der Waals surface area contributed by atoms with Gasteiger partial charge in [0.2, 0.25) is 5.91 Å². The Hall–Kier alpha value is -1.02. The zero-order chi connectivity index (χ0) is 18.9. The van der Waals surface area contributed by atoms with Gasteiger partial charge in [0, 0.05) is 10.1 Å². The van der Waals surface area contributed by atoms with Crippen LogP contribution in [0.5, 0.6) is 0 Å². The SMILES string of the molecule is CCC(Cl)=C(C=C(C)Cl)C(=O)NCC(=O)NC(CC(C)C)B(O)O. The van der Waals surface area contributed by atoms with Crippen LogP contribution in [0.1, 0.15) is 40.5 Å². The van der Waals surface area contributed by atoms with Gasteiger partial charge in [0.05, 0.1) is 18.1 Å². The third-order valence-electron chi connectivity index (χ3n) is 3.03. The molecule has 2 amide bonds. The number of allylic oxidation sites excluding steroid dienone is 2. The lowest BCUT2D eigenvalue weighted by molar-refractivity contribution is -0.124. The van der Waals surface area contributed by atoms with Crippen LogP contribution >= 0.6 is 23.2 Å². The van der Waals surface area contributed by atoms with Crippen LogP contribution in [0.2, 0.25) is 0 Å². The number of halogens is 2. The molecule has 9 heteroatoms.